The lowest BCUT2D eigenvalue weighted by atomic mass is 10.1. The first kappa shape index (κ1) is 20.9. The van der Waals surface area contributed by atoms with Crippen molar-refractivity contribution in [3.63, 3.8) is 0 Å². The normalized spacial score (nSPS) is 14.7. The second kappa shape index (κ2) is 9.60. The monoisotopic (exact) mass is 398 g/mol. The van der Waals surface area contributed by atoms with Crippen LogP contribution in [0.1, 0.15) is 30.0 Å². The van der Waals surface area contributed by atoms with E-state index >= 15 is 0 Å². The highest BCUT2D eigenvalue weighted by Crippen LogP contribution is 2.22. The second-order valence-electron chi connectivity index (χ2n) is 7.27. The maximum absolute atomic E-state index is 12.5. The van der Waals surface area contributed by atoms with Gasteiger partial charge in [0.15, 0.2) is 5.76 Å². The van der Waals surface area contributed by atoms with E-state index < -0.39 is 0 Å². The van der Waals surface area contributed by atoms with Crippen molar-refractivity contribution in [3.05, 3.63) is 47.9 Å². The SMILES string of the molecule is CCN(CC)c1ccc(NC(=O)CN2CCN(C(=O)c3ccco3)CC2)c(C)c1. The number of aryl methyl sites for hydroxylation is 1. The Balaban J connectivity index is 1.50. The van der Waals surface area contributed by atoms with Crippen molar-refractivity contribution in [2.45, 2.75) is 20.8 Å². The fourth-order valence-electron chi connectivity index (χ4n) is 3.63. The maximum Gasteiger partial charge on any atom is 0.289 e. The summed E-state index contributed by atoms with van der Waals surface area (Å²) in [6.45, 7) is 11.0. The summed E-state index contributed by atoms with van der Waals surface area (Å²) in [5.41, 5.74) is 3.07. The zero-order valence-electron chi connectivity index (χ0n) is 17.5. The molecule has 3 rings (SSSR count). The summed E-state index contributed by atoms with van der Waals surface area (Å²) in [6, 6.07) is 9.53. The van der Waals surface area contributed by atoms with Crippen molar-refractivity contribution < 1.29 is 14.0 Å². The van der Waals surface area contributed by atoms with E-state index in [0.717, 1.165) is 24.3 Å². The molecular formula is C22H30N4O3. The Morgan fingerprint density at radius 3 is 2.41 bits per heavy atom. The fraction of sp³-hybridized carbons (Fsp3) is 0.455. The van der Waals surface area contributed by atoms with Crippen LogP contribution in [0.3, 0.4) is 0 Å². The Hall–Kier alpha value is -2.80. The molecule has 1 aromatic heterocycles. The summed E-state index contributed by atoms with van der Waals surface area (Å²) in [5, 5.41) is 3.02. The highest BCUT2D eigenvalue weighted by atomic mass is 16.3. The van der Waals surface area contributed by atoms with Gasteiger partial charge in [0, 0.05) is 50.6 Å². The number of benzene rings is 1. The number of carbonyl (C=O) groups is 2. The van der Waals surface area contributed by atoms with Crippen molar-refractivity contribution >= 4 is 23.2 Å². The zero-order valence-corrected chi connectivity index (χ0v) is 17.5. The average Bonchev–Trinajstić information content (AvgIpc) is 3.26. The van der Waals surface area contributed by atoms with Gasteiger partial charge in [-0.25, -0.2) is 0 Å². The lowest BCUT2D eigenvalue weighted by molar-refractivity contribution is -0.117. The summed E-state index contributed by atoms with van der Waals surface area (Å²) >= 11 is 0. The number of hydrogen-bond acceptors (Lipinski definition) is 5. The quantitative estimate of drug-likeness (QED) is 0.777. The number of carbonyl (C=O) groups excluding carboxylic acids is 2. The van der Waals surface area contributed by atoms with E-state index in [4.69, 9.17) is 4.42 Å². The standard InChI is InChI=1S/C22H30N4O3/c1-4-25(5-2)18-8-9-19(17(3)15-18)23-21(27)16-24-10-12-26(13-11-24)22(28)20-7-6-14-29-20/h6-9,14-15H,4-5,10-13,16H2,1-3H3,(H,23,27). The van der Waals surface area contributed by atoms with Gasteiger partial charge in [-0.1, -0.05) is 0 Å². The summed E-state index contributed by atoms with van der Waals surface area (Å²) < 4.78 is 5.18. The highest BCUT2D eigenvalue weighted by molar-refractivity contribution is 5.93. The van der Waals surface area contributed by atoms with Crippen molar-refractivity contribution in [3.8, 4) is 0 Å². The molecule has 29 heavy (non-hydrogen) atoms. The first-order chi connectivity index (χ1) is 14.0. The largest absolute Gasteiger partial charge is 0.459 e. The molecule has 7 nitrogen and oxygen atoms in total. The minimum Gasteiger partial charge on any atom is -0.459 e. The molecule has 0 atom stereocenters. The number of nitrogens with zero attached hydrogens (tertiary/aromatic N) is 3. The maximum atomic E-state index is 12.5. The Morgan fingerprint density at radius 1 is 1.10 bits per heavy atom. The number of furan rings is 1. The van der Waals surface area contributed by atoms with Crippen LogP contribution in [0.4, 0.5) is 11.4 Å². The Labute approximate surface area is 172 Å². The average molecular weight is 399 g/mol. The van der Waals surface area contributed by atoms with Crippen LogP contribution in [0.25, 0.3) is 0 Å². The fourth-order valence-corrected chi connectivity index (χ4v) is 3.63. The van der Waals surface area contributed by atoms with Gasteiger partial charge >= 0.3 is 0 Å². The van der Waals surface area contributed by atoms with Crippen molar-refractivity contribution in [1.82, 2.24) is 9.80 Å². The number of amides is 2. The molecule has 0 saturated carbocycles. The molecule has 2 heterocycles. The van der Waals surface area contributed by atoms with Crippen molar-refractivity contribution in [2.24, 2.45) is 0 Å². The van der Waals surface area contributed by atoms with Gasteiger partial charge < -0.3 is 19.5 Å². The number of rotatable bonds is 7. The molecule has 1 aliphatic heterocycles. The van der Waals surface area contributed by atoms with Crippen molar-refractivity contribution in [1.29, 1.82) is 0 Å². The third-order valence-corrected chi connectivity index (χ3v) is 5.37. The summed E-state index contributed by atoms with van der Waals surface area (Å²) in [7, 11) is 0. The van der Waals surface area contributed by atoms with E-state index in [0.29, 0.717) is 38.5 Å². The topological polar surface area (TPSA) is 69.0 Å². The second-order valence-corrected chi connectivity index (χ2v) is 7.27. The minimum atomic E-state index is -0.0944. The van der Waals surface area contributed by atoms with Crippen molar-refractivity contribution in [2.75, 3.05) is 56.0 Å². The molecule has 1 N–H and O–H groups in total. The lowest BCUT2D eigenvalue weighted by Gasteiger charge is -2.33. The lowest BCUT2D eigenvalue weighted by Crippen LogP contribution is -2.50. The van der Waals surface area contributed by atoms with Crippen LogP contribution in [0.5, 0.6) is 0 Å². The van der Waals surface area contributed by atoms with Gasteiger partial charge in [0.05, 0.1) is 12.8 Å². The Bertz CT molecular complexity index is 823. The Kier molecular flexibility index (Phi) is 6.93. The number of hydrogen-bond donors (Lipinski definition) is 1. The molecule has 0 aliphatic carbocycles. The molecule has 0 radical (unpaired) electrons. The van der Waals surface area contributed by atoms with Gasteiger partial charge in [-0.15, -0.1) is 0 Å². The smallest absolute Gasteiger partial charge is 0.289 e. The Morgan fingerprint density at radius 2 is 1.83 bits per heavy atom. The van der Waals surface area contributed by atoms with Gasteiger partial charge in [-0.3, -0.25) is 14.5 Å². The number of piperazine rings is 1. The number of anilines is 2. The van der Waals surface area contributed by atoms with Gasteiger partial charge in [-0.2, -0.15) is 0 Å². The van der Waals surface area contributed by atoms with Gasteiger partial charge in [0.2, 0.25) is 5.91 Å². The van der Waals surface area contributed by atoms with Crippen LogP contribution >= 0.6 is 0 Å². The third-order valence-electron chi connectivity index (χ3n) is 5.37. The first-order valence-electron chi connectivity index (χ1n) is 10.2. The zero-order chi connectivity index (χ0) is 20.8. The first-order valence-corrected chi connectivity index (χ1v) is 10.2. The highest BCUT2D eigenvalue weighted by Gasteiger charge is 2.24. The summed E-state index contributed by atoms with van der Waals surface area (Å²) in [5.74, 6) is 0.234. The van der Waals surface area contributed by atoms with E-state index in [1.54, 1.807) is 17.0 Å². The molecule has 156 valence electrons. The molecule has 0 spiro atoms. The molecular weight excluding hydrogens is 368 g/mol. The predicted octanol–water partition coefficient (Wildman–Crippen LogP) is 2.83. The molecule has 1 fully saturated rings. The molecule has 2 aromatic rings. The summed E-state index contributed by atoms with van der Waals surface area (Å²) in [4.78, 5) is 30.9. The van der Waals surface area contributed by atoms with Gasteiger partial charge in [0.25, 0.3) is 5.91 Å². The van der Waals surface area contributed by atoms with E-state index in [2.05, 4.69) is 41.1 Å². The molecule has 1 saturated heterocycles. The van der Waals surface area contributed by atoms with Crippen LogP contribution in [-0.2, 0) is 4.79 Å². The molecule has 7 heteroatoms. The van der Waals surface area contributed by atoms with E-state index in [1.807, 2.05) is 13.0 Å². The van der Waals surface area contributed by atoms with Gasteiger partial charge in [-0.05, 0) is 56.7 Å². The molecule has 2 amide bonds. The van der Waals surface area contributed by atoms with E-state index in [9.17, 15) is 9.59 Å². The predicted molar refractivity (Wildman–Crippen MR) is 114 cm³/mol. The van der Waals surface area contributed by atoms with Crippen LogP contribution in [0.2, 0.25) is 0 Å². The molecule has 1 aromatic carbocycles. The van der Waals surface area contributed by atoms with Gasteiger partial charge in [0.1, 0.15) is 0 Å². The third kappa shape index (κ3) is 5.17. The molecule has 0 bridgehead atoms. The molecule has 0 unspecified atom stereocenters. The van der Waals surface area contributed by atoms with Crippen LogP contribution in [-0.4, -0.2) is 67.4 Å². The molecule has 1 aliphatic rings. The van der Waals surface area contributed by atoms with Crippen LogP contribution in [0.15, 0.2) is 41.0 Å². The van der Waals surface area contributed by atoms with E-state index in [1.165, 1.54) is 12.0 Å². The van der Waals surface area contributed by atoms with Crippen LogP contribution < -0.4 is 10.2 Å². The summed E-state index contributed by atoms with van der Waals surface area (Å²) in [6.07, 6.45) is 1.50. The van der Waals surface area contributed by atoms with Crippen LogP contribution in [0, 0.1) is 6.92 Å². The van der Waals surface area contributed by atoms with E-state index in [-0.39, 0.29) is 11.8 Å². The minimum absolute atomic E-state index is 0.0329. The number of nitrogens with one attached hydrogen (secondary N) is 1.